The lowest BCUT2D eigenvalue weighted by Crippen LogP contribution is -2.47. The number of hydrogen-bond acceptors (Lipinski definition) is 3. The van der Waals surface area contributed by atoms with E-state index in [1.807, 2.05) is 35.2 Å². The monoisotopic (exact) mass is 364 g/mol. The summed E-state index contributed by atoms with van der Waals surface area (Å²) in [6, 6.07) is 12.0. The normalized spacial score (nSPS) is 19.1. The van der Waals surface area contributed by atoms with E-state index in [9.17, 15) is 4.79 Å². The van der Waals surface area contributed by atoms with Crippen molar-refractivity contribution in [2.24, 2.45) is 0 Å². The lowest BCUT2D eigenvalue weighted by molar-refractivity contribution is 0.0597. The van der Waals surface area contributed by atoms with Crippen LogP contribution in [0.2, 0.25) is 0 Å². The van der Waals surface area contributed by atoms with Gasteiger partial charge in [-0.1, -0.05) is 19.1 Å². The van der Waals surface area contributed by atoms with Gasteiger partial charge in [0.05, 0.1) is 9.35 Å². The number of carbonyl (C=O) groups is 1. The van der Waals surface area contributed by atoms with E-state index in [4.69, 9.17) is 0 Å². The Kier molecular flexibility index (Phi) is 4.04. The maximum absolute atomic E-state index is 12.9. The molecular weight excluding hydrogens is 348 g/mol. The summed E-state index contributed by atoms with van der Waals surface area (Å²) >= 11 is 5.17. The number of nitrogens with one attached hydrogen (secondary N) is 1. The second-order valence-corrected chi connectivity index (χ2v) is 7.70. The average Bonchev–Trinajstić information content (AvgIpc) is 2.93. The van der Waals surface area contributed by atoms with Gasteiger partial charge in [0.25, 0.3) is 5.91 Å². The van der Waals surface area contributed by atoms with E-state index in [1.54, 1.807) is 11.3 Å². The van der Waals surface area contributed by atoms with Crippen LogP contribution in [0.25, 0.3) is 0 Å². The lowest BCUT2D eigenvalue weighted by atomic mass is 10.0. The van der Waals surface area contributed by atoms with Crippen molar-refractivity contribution in [2.45, 2.75) is 32.5 Å². The Balaban J connectivity index is 2.07. The third kappa shape index (κ3) is 2.60. The zero-order valence-corrected chi connectivity index (χ0v) is 14.4. The van der Waals surface area contributed by atoms with Gasteiger partial charge in [0.1, 0.15) is 6.17 Å². The van der Waals surface area contributed by atoms with E-state index in [-0.39, 0.29) is 18.1 Å². The van der Waals surface area contributed by atoms with Gasteiger partial charge in [0.15, 0.2) is 0 Å². The maximum Gasteiger partial charge on any atom is 0.258 e. The predicted molar refractivity (Wildman–Crippen MR) is 90.7 cm³/mol. The summed E-state index contributed by atoms with van der Waals surface area (Å²) in [6.07, 6.45) is 0.831. The standard InChI is InChI=1S/C16H17BrN2OS/c1-3-10(2)19-15(13-8-9-14(17)21-13)18-12-7-5-4-6-11(12)16(19)20/h4-10,15,18H,3H2,1-2H3/t10-,15+/m1/s1. The molecule has 0 saturated heterocycles. The van der Waals surface area contributed by atoms with E-state index in [0.717, 1.165) is 26.3 Å². The van der Waals surface area contributed by atoms with Crippen molar-refractivity contribution in [1.82, 2.24) is 4.90 Å². The van der Waals surface area contributed by atoms with Crippen LogP contribution in [0, 0.1) is 0 Å². The molecule has 1 N–H and O–H groups in total. The number of amides is 1. The molecule has 2 aromatic rings. The summed E-state index contributed by atoms with van der Waals surface area (Å²) in [5.74, 6) is 0.105. The van der Waals surface area contributed by atoms with Crippen LogP contribution in [-0.2, 0) is 0 Å². The number of rotatable bonds is 3. The molecule has 3 rings (SSSR count). The van der Waals surface area contributed by atoms with Crippen LogP contribution >= 0.6 is 27.3 Å². The minimum absolute atomic E-state index is 0.0985. The van der Waals surface area contributed by atoms with Crippen LogP contribution in [-0.4, -0.2) is 16.8 Å². The molecule has 5 heteroatoms. The van der Waals surface area contributed by atoms with E-state index in [0.29, 0.717) is 0 Å². The Morgan fingerprint density at radius 3 is 2.76 bits per heavy atom. The fourth-order valence-corrected chi connectivity index (χ4v) is 4.08. The molecule has 110 valence electrons. The van der Waals surface area contributed by atoms with E-state index in [2.05, 4.69) is 41.2 Å². The Hall–Kier alpha value is -1.33. The van der Waals surface area contributed by atoms with Crippen LogP contribution in [0.1, 0.15) is 41.7 Å². The number of carbonyl (C=O) groups excluding carboxylic acids is 1. The molecule has 0 bridgehead atoms. The van der Waals surface area contributed by atoms with Crippen molar-refractivity contribution in [2.75, 3.05) is 5.32 Å². The molecule has 0 saturated carbocycles. The molecular formula is C16H17BrN2OS. The molecule has 0 radical (unpaired) electrons. The van der Waals surface area contributed by atoms with Gasteiger partial charge in [-0.2, -0.15) is 0 Å². The van der Waals surface area contributed by atoms with Crippen molar-refractivity contribution in [3.05, 3.63) is 50.6 Å². The number of halogens is 1. The molecule has 1 aliphatic heterocycles. The first-order chi connectivity index (χ1) is 10.1. The van der Waals surface area contributed by atoms with Crippen LogP contribution in [0.3, 0.4) is 0 Å². The number of fused-ring (bicyclic) bond motifs is 1. The van der Waals surface area contributed by atoms with Gasteiger partial charge >= 0.3 is 0 Å². The van der Waals surface area contributed by atoms with Gasteiger partial charge in [-0.3, -0.25) is 4.79 Å². The van der Waals surface area contributed by atoms with Crippen LogP contribution in [0.5, 0.6) is 0 Å². The molecule has 0 aliphatic carbocycles. The van der Waals surface area contributed by atoms with Crippen molar-refractivity contribution in [3.63, 3.8) is 0 Å². The molecule has 0 unspecified atom stereocenters. The van der Waals surface area contributed by atoms with Gasteiger partial charge in [0, 0.05) is 16.6 Å². The summed E-state index contributed by atoms with van der Waals surface area (Å²) in [5.41, 5.74) is 1.67. The van der Waals surface area contributed by atoms with E-state index in [1.165, 1.54) is 0 Å². The zero-order chi connectivity index (χ0) is 15.0. The number of hydrogen-bond donors (Lipinski definition) is 1. The number of benzene rings is 1. The minimum Gasteiger partial charge on any atom is -0.360 e. The minimum atomic E-state index is -0.0985. The maximum atomic E-state index is 12.9. The summed E-state index contributed by atoms with van der Waals surface area (Å²) in [4.78, 5) is 16.0. The van der Waals surface area contributed by atoms with E-state index < -0.39 is 0 Å². The molecule has 1 aromatic carbocycles. The fraction of sp³-hybridized carbons (Fsp3) is 0.312. The largest absolute Gasteiger partial charge is 0.360 e. The molecule has 21 heavy (non-hydrogen) atoms. The molecule has 0 fully saturated rings. The molecule has 3 nitrogen and oxygen atoms in total. The topological polar surface area (TPSA) is 32.3 Å². The molecule has 0 spiro atoms. The molecule has 2 atom stereocenters. The Labute approximate surface area is 137 Å². The second-order valence-electron chi connectivity index (χ2n) is 5.20. The Bertz CT molecular complexity index is 670. The SMILES string of the molecule is CC[C@@H](C)N1C(=O)c2ccccc2N[C@@H]1c1ccc(Br)s1. The van der Waals surface area contributed by atoms with Crippen molar-refractivity contribution < 1.29 is 4.79 Å². The quantitative estimate of drug-likeness (QED) is 0.841. The molecule has 1 amide bonds. The highest BCUT2D eigenvalue weighted by Gasteiger charge is 2.35. The highest BCUT2D eigenvalue weighted by atomic mass is 79.9. The van der Waals surface area contributed by atoms with Crippen LogP contribution < -0.4 is 5.32 Å². The lowest BCUT2D eigenvalue weighted by Gasteiger charge is -2.40. The molecule has 1 aromatic heterocycles. The predicted octanol–water partition coefficient (Wildman–Crippen LogP) is 4.88. The van der Waals surface area contributed by atoms with Crippen LogP contribution in [0.4, 0.5) is 5.69 Å². The third-order valence-electron chi connectivity index (χ3n) is 3.89. The van der Waals surface area contributed by atoms with Gasteiger partial charge in [-0.25, -0.2) is 0 Å². The zero-order valence-electron chi connectivity index (χ0n) is 12.0. The Morgan fingerprint density at radius 2 is 2.10 bits per heavy atom. The van der Waals surface area contributed by atoms with Crippen molar-refractivity contribution in [1.29, 1.82) is 0 Å². The molecule has 1 aliphatic rings. The average molecular weight is 365 g/mol. The number of thiophene rings is 1. The highest BCUT2D eigenvalue weighted by Crippen LogP contribution is 2.38. The summed E-state index contributed by atoms with van der Waals surface area (Å²) in [6.45, 7) is 4.21. The van der Waals surface area contributed by atoms with Gasteiger partial charge in [-0.05, 0) is 53.5 Å². The number of anilines is 1. The first kappa shape index (κ1) is 14.6. The van der Waals surface area contributed by atoms with Crippen molar-refractivity contribution >= 4 is 38.9 Å². The van der Waals surface area contributed by atoms with Crippen molar-refractivity contribution in [3.8, 4) is 0 Å². The fourth-order valence-electron chi connectivity index (χ4n) is 2.60. The summed E-state index contributed by atoms with van der Waals surface area (Å²) < 4.78 is 1.08. The first-order valence-electron chi connectivity index (χ1n) is 7.05. The van der Waals surface area contributed by atoms with Gasteiger partial charge < -0.3 is 10.2 Å². The second kappa shape index (κ2) is 5.81. The van der Waals surface area contributed by atoms with Crippen LogP contribution in [0.15, 0.2) is 40.2 Å². The van der Waals surface area contributed by atoms with Gasteiger partial charge in [0.2, 0.25) is 0 Å². The number of nitrogens with zero attached hydrogens (tertiary/aromatic N) is 1. The smallest absolute Gasteiger partial charge is 0.258 e. The third-order valence-corrected chi connectivity index (χ3v) is 5.57. The Morgan fingerprint density at radius 1 is 1.33 bits per heavy atom. The first-order valence-corrected chi connectivity index (χ1v) is 8.66. The highest BCUT2D eigenvalue weighted by molar-refractivity contribution is 9.11. The number of para-hydroxylation sites is 1. The van der Waals surface area contributed by atoms with E-state index >= 15 is 0 Å². The summed E-state index contributed by atoms with van der Waals surface area (Å²) in [7, 11) is 0. The van der Waals surface area contributed by atoms with Gasteiger partial charge in [-0.15, -0.1) is 11.3 Å². The summed E-state index contributed by atoms with van der Waals surface area (Å²) in [5, 5.41) is 3.52. The molecule has 2 heterocycles.